The molecule has 1 N–H and O–H groups in total. The number of ether oxygens (including phenoxy) is 1. The van der Waals surface area contributed by atoms with E-state index in [9.17, 15) is 14.4 Å². The van der Waals surface area contributed by atoms with E-state index in [0.29, 0.717) is 13.0 Å². The Labute approximate surface area is 184 Å². The van der Waals surface area contributed by atoms with E-state index in [1.54, 1.807) is 7.05 Å². The van der Waals surface area contributed by atoms with Crippen LogP contribution < -0.4 is 5.32 Å². The summed E-state index contributed by atoms with van der Waals surface area (Å²) in [4.78, 5) is 38.3. The first-order chi connectivity index (χ1) is 14.8. The second-order valence-corrected chi connectivity index (χ2v) is 10.3. The lowest BCUT2D eigenvalue weighted by molar-refractivity contribution is -0.151. The lowest BCUT2D eigenvalue weighted by Crippen LogP contribution is -2.48. The number of rotatable bonds is 8. The summed E-state index contributed by atoms with van der Waals surface area (Å²) in [7, 11) is 1.68. The maximum atomic E-state index is 12.5. The van der Waals surface area contributed by atoms with Gasteiger partial charge in [-0.2, -0.15) is 0 Å². The minimum absolute atomic E-state index is 0.0679. The van der Waals surface area contributed by atoms with Crippen molar-refractivity contribution >= 4 is 17.8 Å². The molecule has 0 unspecified atom stereocenters. The van der Waals surface area contributed by atoms with Crippen molar-refractivity contribution in [2.75, 3.05) is 20.2 Å². The van der Waals surface area contributed by atoms with Crippen molar-refractivity contribution < 1.29 is 19.1 Å². The molecule has 4 aliphatic carbocycles. The Hall–Kier alpha value is -2.37. The van der Waals surface area contributed by atoms with Gasteiger partial charge in [0.15, 0.2) is 6.61 Å². The van der Waals surface area contributed by atoms with E-state index in [-0.39, 0.29) is 30.4 Å². The lowest BCUT2D eigenvalue weighted by atomic mass is 9.49. The normalized spacial score (nSPS) is 28.3. The number of carbonyl (C=O) groups excluding carboxylic acids is 3. The van der Waals surface area contributed by atoms with Crippen LogP contribution in [0.3, 0.4) is 0 Å². The summed E-state index contributed by atoms with van der Waals surface area (Å²) in [5.74, 6) is 1.48. The number of amides is 2. The van der Waals surface area contributed by atoms with Crippen LogP contribution in [0.4, 0.5) is 0 Å². The van der Waals surface area contributed by atoms with Gasteiger partial charge < -0.3 is 15.0 Å². The van der Waals surface area contributed by atoms with Crippen molar-refractivity contribution in [2.24, 2.45) is 23.2 Å². The molecule has 4 bridgehead atoms. The molecule has 1 aromatic rings. The Balaban J connectivity index is 1.16. The molecule has 5 rings (SSSR count). The van der Waals surface area contributed by atoms with E-state index in [4.69, 9.17) is 4.74 Å². The second-order valence-electron chi connectivity index (χ2n) is 10.3. The quantitative estimate of drug-likeness (QED) is 0.648. The molecule has 0 spiro atoms. The van der Waals surface area contributed by atoms with E-state index in [2.05, 4.69) is 5.32 Å². The van der Waals surface area contributed by atoms with Crippen molar-refractivity contribution in [3.63, 3.8) is 0 Å². The van der Waals surface area contributed by atoms with Crippen LogP contribution in [-0.4, -0.2) is 42.9 Å². The Kier molecular flexibility index (Phi) is 6.35. The summed E-state index contributed by atoms with van der Waals surface area (Å²) in [6.07, 6.45) is 8.05. The number of nitrogens with zero attached hydrogens (tertiary/aromatic N) is 1. The van der Waals surface area contributed by atoms with Crippen LogP contribution in [0.15, 0.2) is 24.3 Å². The lowest BCUT2D eigenvalue weighted by Gasteiger charge is -2.56. The first-order valence-electron chi connectivity index (χ1n) is 11.5. The average molecular weight is 427 g/mol. The maximum absolute atomic E-state index is 12.5. The molecule has 0 saturated heterocycles. The fourth-order valence-corrected chi connectivity index (χ4v) is 6.44. The fraction of sp³-hybridized carbons (Fsp3) is 0.640. The number of benzene rings is 1. The molecule has 2 amide bonds. The topological polar surface area (TPSA) is 75.7 Å². The van der Waals surface area contributed by atoms with Gasteiger partial charge in [0, 0.05) is 20.0 Å². The SMILES string of the molecule is Cc1ccc(CN(C)C(=O)COC(=O)CNC(=O)CC23CC4CC(CC(C4)C2)C3)cc1. The van der Waals surface area contributed by atoms with Gasteiger partial charge in [-0.05, 0) is 74.2 Å². The van der Waals surface area contributed by atoms with Crippen LogP contribution in [0.2, 0.25) is 0 Å². The highest BCUT2D eigenvalue weighted by Crippen LogP contribution is 2.61. The molecule has 31 heavy (non-hydrogen) atoms. The van der Waals surface area contributed by atoms with Crippen LogP contribution in [0, 0.1) is 30.1 Å². The smallest absolute Gasteiger partial charge is 0.325 e. The van der Waals surface area contributed by atoms with E-state index in [0.717, 1.165) is 28.9 Å². The van der Waals surface area contributed by atoms with Gasteiger partial charge in [0.2, 0.25) is 5.91 Å². The Morgan fingerprint density at radius 3 is 2.19 bits per heavy atom. The van der Waals surface area contributed by atoms with Gasteiger partial charge in [0.05, 0.1) is 0 Å². The highest BCUT2D eigenvalue weighted by atomic mass is 16.5. The van der Waals surface area contributed by atoms with Crippen molar-refractivity contribution in [1.29, 1.82) is 0 Å². The Bertz CT molecular complexity index is 797. The van der Waals surface area contributed by atoms with Crippen molar-refractivity contribution in [3.05, 3.63) is 35.4 Å². The summed E-state index contributed by atoms with van der Waals surface area (Å²) >= 11 is 0. The van der Waals surface area contributed by atoms with E-state index in [1.165, 1.54) is 43.4 Å². The number of hydrogen-bond donors (Lipinski definition) is 1. The molecule has 1 aromatic carbocycles. The molecule has 4 fully saturated rings. The fourth-order valence-electron chi connectivity index (χ4n) is 6.44. The number of esters is 1. The van der Waals surface area contributed by atoms with Crippen LogP contribution in [-0.2, 0) is 25.7 Å². The molecule has 0 aliphatic heterocycles. The first-order valence-corrected chi connectivity index (χ1v) is 11.5. The largest absolute Gasteiger partial charge is 0.454 e. The number of hydrogen-bond acceptors (Lipinski definition) is 4. The molecular formula is C25H34N2O4. The molecule has 4 aliphatic rings. The molecule has 0 aromatic heterocycles. The zero-order valence-electron chi connectivity index (χ0n) is 18.7. The van der Waals surface area contributed by atoms with Gasteiger partial charge in [-0.1, -0.05) is 29.8 Å². The summed E-state index contributed by atoms with van der Waals surface area (Å²) in [6.45, 7) is 1.98. The first kappa shape index (κ1) is 21.8. The van der Waals surface area contributed by atoms with Gasteiger partial charge >= 0.3 is 5.97 Å². The van der Waals surface area contributed by atoms with E-state index in [1.807, 2.05) is 31.2 Å². The molecule has 168 valence electrons. The summed E-state index contributed by atoms with van der Waals surface area (Å²) in [6, 6.07) is 7.95. The zero-order chi connectivity index (χ0) is 22.0. The van der Waals surface area contributed by atoms with E-state index >= 15 is 0 Å². The Morgan fingerprint density at radius 2 is 1.61 bits per heavy atom. The highest BCUT2D eigenvalue weighted by molar-refractivity contribution is 5.84. The van der Waals surface area contributed by atoms with Crippen LogP contribution in [0.5, 0.6) is 0 Å². The monoisotopic (exact) mass is 426 g/mol. The molecule has 4 saturated carbocycles. The molecule has 0 atom stereocenters. The number of carbonyl (C=O) groups is 3. The van der Waals surface area contributed by atoms with Crippen LogP contribution in [0.25, 0.3) is 0 Å². The van der Waals surface area contributed by atoms with Gasteiger partial charge in [-0.15, -0.1) is 0 Å². The van der Waals surface area contributed by atoms with Crippen LogP contribution in [0.1, 0.15) is 56.1 Å². The number of likely N-dealkylation sites (N-methyl/N-ethyl adjacent to an activating group) is 1. The second kappa shape index (κ2) is 9.01. The third-order valence-electron chi connectivity index (χ3n) is 7.45. The third kappa shape index (κ3) is 5.46. The van der Waals surface area contributed by atoms with Crippen molar-refractivity contribution in [1.82, 2.24) is 10.2 Å². The predicted octanol–water partition coefficient (Wildman–Crippen LogP) is 3.22. The summed E-state index contributed by atoms with van der Waals surface area (Å²) in [5, 5.41) is 2.72. The average Bonchev–Trinajstić information content (AvgIpc) is 2.70. The summed E-state index contributed by atoms with van der Waals surface area (Å²) in [5.41, 5.74) is 2.33. The standard InChI is InChI=1S/C25H34N2O4/c1-17-3-5-18(6-4-17)15-27(2)23(29)16-31-24(30)14-26-22(28)13-25-10-19-7-20(11-25)9-21(8-19)12-25/h3-6,19-21H,7-16H2,1-2H3,(H,26,28). The Morgan fingerprint density at radius 1 is 1.03 bits per heavy atom. The number of aryl methyl sites for hydroxylation is 1. The maximum Gasteiger partial charge on any atom is 0.325 e. The highest BCUT2D eigenvalue weighted by Gasteiger charge is 2.51. The van der Waals surface area contributed by atoms with Gasteiger partial charge in [0.25, 0.3) is 5.91 Å². The molecular weight excluding hydrogens is 392 g/mol. The van der Waals surface area contributed by atoms with Crippen molar-refractivity contribution in [2.45, 2.75) is 58.4 Å². The predicted molar refractivity (Wildman–Crippen MR) is 117 cm³/mol. The van der Waals surface area contributed by atoms with Gasteiger partial charge in [0.1, 0.15) is 6.54 Å². The molecule has 6 heteroatoms. The van der Waals surface area contributed by atoms with Gasteiger partial charge in [-0.3, -0.25) is 14.4 Å². The number of nitrogens with one attached hydrogen (secondary N) is 1. The molecule has 0 heterocycles. The summed E-state index contributed by atoms with van der Waals surface area (Å²) < 4.78 is 5.08. The van der Waals surface area contributed by atoms with Gasteiger partial charge in [-0.25, -0.2) is 0 Å². The zero-order valence-corrected chi connectivity index (χ0v) is 18.7. The molecule has 6 nitrogen and oxygen atoms in total. The van der Waals surface area contributed by atoms with E-state index < -0.39 is 5.97 Å². The van der Waals surface area contributed by atoms with Crippen LogP contribution >= 0.6 is 0 Å². The van der Waals surface area contributed by atoms with Crippen molar-refractivity contribution in [3.8, 4) is 0 Å². The molecule has 0 radical (unpaired) electrons. The minimum Gasteiger partial charge on any atom is -0.454 e. The minimum atomic E-state index is -0.573. The third-order valence-corrected chi connectivity index (χ3v) is 7.45.